The van der Waals surface area contributed by atoms with E-state index >= 15 is 0 Å². The predicted octanol–water partition coefficient (Wildman–Crippen LogP) is 3.99. The van der Waals surface area contributed by atoms with E-state index in [2.05, 4.69) is 25.9 Å². The van der Waals surface area contributed by atoms with E-state index in [0.717, 1.165) is 10.2 Å². The van der Waals surface area contributed by atoms with Crippen molar-refractivity contribution in [3.8, 4) is 11.6 Å². The Morgan fingerprint density at radius 2 is 2.06 bits per heavy atom. The maximum absolute atomic E-state index is 6.00. The van der Waals surface area contributed by atoms with Crippen molar-refractivity contribution in [1.29, 1.82) is 0 Å². The molecule has 0 aliphatic heterocycles. The molecule has 5 heteroatoms. The molecule has 0 bridgehead atoms. The number of ether oxygens (including phenoxy) is 1. The molecule has 82 valence electrons. The number of halogens is 2. The molecule has 2 rings (SSSR count). The van der Waals surface area contributed by atoms with Gasteiger partial charge in [-0.3, -0.25) is 0 Å². The summed E-state index contributed by atoms with van der Waals surface area (Å²) >= 11 is 9.35. The first-order chi connectivity index (χ1) is 7.65. The molecule has 0 aliphatic rings. The van der Waals surface area contributed by atoms with Crippen LogP contribution in [0.3, 0.4) is 0 Å². The van der Waals surface area contributed by atoms with Gasteiger partial charge in [0.15, 0.2) is 0 Å². The van der Waals surface area contributed by atoms with Gasteiger partial charge in [-0.25, -0.2) is 9.97 Å². The Balaban J connectivity index is 2.30. The third kappa shape index (κ3) is 2.71. The molecule has 0 radical (unpaired) electrons. The van der Waals surface area contributed by atoms with Crippen molar-refractivity contribution in [3.05, 3.63) is 45.8 Å². The molecule has 1 heterocycles. The quantitative estimate of drug-likeness (QED) is 0.841. The van der Waals surface area contributed by atoms with Gasteiger partial charge in [0, 0.05) is 16.2 Å². The Morgan fingerprint density at radius 3 is 2.81 bits per heavy atom. The van der Waals surface area contributed by atoms with Gasteiger partial charge in [0.25, 0.3) is 0 Å². The molecular formula is C11H8BrClN2O. The molecule has 0 fully saturated rings. The Kier molecular flexibility index (Phi) is 3.41. The van der Waals surface area contributed by atoms with E-state index in [1.54, 1.807) is 18.2 Å². The highest BCUT2D eigenvalue weighted by atomic mass is 79.9. The minimum atomic E-state index is 0.479. The number of hydrogen-bond donors (Lipinski definition) is 0. The average Bonchev–Trinajstić information content (AvgIpc) is 2.24. The SMILES string of the molecule is Cc1cc(Oc2cc(Br)ccc2Cl)ncn1. The molecule has 1 aromatic heterocycles. The summed E-state index contributed by atoms with van der Waals surface area (Å²) in [5, 5.41) is 0.541. The second kappa shape index (κ2) is 4.80. The predicted molar refractivity (Wildman–Crippen MR) is 66.0 cm³/mol. The highest BCUT2D eigenvalue weighted by Gasteiger charge is 2.05. The normalized spacial score (nSPS) is 10.2. The molecule has 0 atom stereocenters. The van der Waals surface area contributed by atoms with Crippen molar-refractivity contribution in [3.63, 3.8) is 0 Å². The maximum atomic E-state index is 6.00. The Hall–Kier alpha value is -1.13. The van der Waals surface area contributed by atoms with E-state index in [1.165, 1.54) is 6.33 Å². The minimum absolute atomic E-state index is 0.479. The number of benzene rings is 1. The second-order valence-electron chi connectivity index (χ2n) is 3.17. The summed E-state index contributed by atoms with van der Waals surface area (Å²) < 4.78 is 6.46. The minimum Gasteiger partial charge on any atom is -0.437 e. The van der Waals surface area contributed by atoms with E-state index in [0.29, 0.717) is 16.7 Å². The maximum Gasteiger partial charge on any atom is 0.222 e. The number of aryl methyl sites for hydroxylation is 1. The molecule has 16 heavy (non-hydrogen) atoms. The number of aromatic nitrogens is 2. The standard InChI is InChI=1S/C11H8BrClN2O/c1-7-4-11(15-6-14-7)16-10-5-8(12)2-3-9(10)13/h2-6H,1H3. The summed E-state index contributed by atoms with van der Waals surface area (Å²) in [7, 11) is 0. The first kappa shape index (κ1) is 11.4. The van der Waals surface area contributed by atoms with Crippen LogP contribution in [0.15, 0.2) is 35.1 Å². The van der Waals surface area contributed by atoms with E-state index in [4.69, 9.17) is 16.3 Å². The van der Waals surface area contributed by atoms with E-state index in [1.807, 2.05) is 13.0 Å². The van der Waals surface area contributed by atoms with Crippen LogP contribution in [-0.4, -0.2) is 9.97 Å². The van der Waals surface area contributed by atoms with Crippen LogP contribution in [0.1, 0.15) is 5.69 Å². The van der Waals surface area contributed by atoms with Crippen molar-refractivity contribution >= 4 is 27.5 Å². The van der Waals surface area contributed by atoms with E-state index in [-0.39, 0.29) is 0 Å². The van der Waals surface area contributed by atoms with Crippen molar-refractivity contribution < 1.29 is 4.74 Å². The molecular weight excluding hydrogens is 291 g/mol. The zero-order valence-corrected chi connectivity index (χ0v) is 10.8. The highest BCUT2D eigenvalue weighted by Crippen LogP contribution is 2.31. The van der Waals surface area contributed by atoms with E-state index in [9.17, 15) is 0 Å². The number of hydrogen-bond acceptors (Lipinski definition) is 3. The van der Waals surface area contributed by atoms with Gasteiger partial charge in [-0.15, -0.1) is 0 Å². The largest absolute Gasteiger partial charge is 0.437 e. The number of nitrogens with zero attached hydrogens (tertiary/aromatic N) is 2. The van der Waals surface area contributed by atoms with Gasteiger partial charge in [0.2, 0.25) is 5.88 Å². The van der Waals surface area contributed by atoms with Gasteiger partial charge in [-0.1, -0.05) is 27.5 Å². The van der Waals surface area contributed by atoms with Crippen LogP contribution in [0.2, 0.25) is 5.02 Å². The lowest BCUT2D eigenvalue weighted by molar-refractivity contribution is 0.460. The van der Waals surface area contributed by atoms with Crippen molar-refractivity contribution in [1.82, 2.24) is 9.97 Å². The van der Waals surface area contributed by atoms with Crippen molar-refractivity contribution in [2.75, 3.05) is 0 Å². The lowest BCUT2D eigenvalue weighted by Gasteiger charge is -2.06. The van der Waals surface area contributed by atoms with Gasteiger partial charge in [-0.05, 0) is 25.1 Å². The Bertz CT molecular complexity index is 519. The molecule has 0 spiro atoms. The monoisotopic (exact) mass is 298 g/mol. The lowest BCUT2D eigenvalue weighted by Crippen LogP contribution is -1.91. The summed E-state index contributed by atoms with van der Waals surface area (Å²) in [4.78, 5) is 7.99. The number of rotatable bonds is 2. The molecule has 0 N–H and O–H groups in total. The van der Waals surface area contributed by atoms with Crippen LogP contribution < -0.4 is 4.74 Å². The Morgan fingerprint density at radius 1 is 1.25 bits per heavy atom. The zero-order valence-electron chi connectivity index (χ0n) is 8.45. The smallest absolute Gasteiger partial charge is 0.222 e. The fraction of sp³-hybridized carbons (Fsp3) is 0.0909. The molecule has 0 saturated carbocycles. The van der Waals surface area contributed by atoms with Crippen LogP contribution in [-0.2, 0) is 0 Å². The average molecular weight is 300 g/mol. The molecule has 0 aliphatic carbocycles. The molecule has 0 amide bonds. The fourth-order valence-electron chi connectivity index (χ4n) is 1.15. The second-order valence-corrected chi connectivity index (χ2v) is 4.50. The van der Waals surface area contributed by atoms with E-state index < -0.39 is 0 Å². The van der Waals surface area contributed by atoms with Crippen LogP contribution >= 0.6 is 27.5 Å². The zero-order chi connectivity index (χ0) is 11.5. The molecule has 3 nitrogen and oxygen atoms in total. The topological polar surface area (TPSA) is 35.0 Å². The van der Waals surface area contributed by atoms with Crippen LogP contribution in [0.4, 0.5) is 0 Å². The van der Waals surface area contributed by atoms with Crippen molar-refractivity contribution in [2.45, 2.75) is 6.92 Å². The summed E-state index contributed by atoms with van der Waals surface area (Å²) in [5.74, 6) is 1.04. The van der Waals surface area contributed by atoms with Gasteiger partial charge < -0.3 is 4.74 Å². The molecule has 0 saturated heterocycles. The first-order valence-electron chi connectivity index (χ1n) is 4.57. The van der Waals surface area contributed by atoms with Crippen LogP contribution in [0.5, 0.6) is 11.6 Å². The van der Waals surface area contributed by atoms with Gasteiger partial charge in [0.1, 0.15) is 12.1 Å². The van der Waals surface area contributed by atoms with Gasteiger partial charge >= 0.3 is 0 Å². The summed E-state index contributed by atoms with van der Waals surface area (Å²) in [6, 6.07) is 7.15. The van der Waals surface area contributed by atoms with Crippen molar-refractivity contribution in [2.24, 2.45) is 0 Å². The summed E-state index contributed by atoms with van der Waals surface area (Å²) in [5.41, 5.74) is 0.844. The Labute approximate surface area is 107 Å². The first-order valence-corrected chi connectivity index (χ1v) is 5.74. The third-order valence-electron chi connectivity index (χ3n) is 1.89. The van der Waals surface area contributed by atoms with Gasteiger partial charge in [0.05, 0.1) is 5.02 Å². The molecule has 0 unspecified atom stereocenters. The molecule has 1 aromatic carbocycles. The third-order valence-corrected chi connectivity index (χ3v) is 2.69. The summed E-state index contributed by atoms with van der Waals surface area (Å²) in [6.07, 6.45) is 1.45. The fourth-order valence-corrected chi connectivity index (χ4v) is 1.65. The lowest BCUT2D eigenvalue weighted by atomic mass is 10.3. The van der Waals surface area contributed by atoms with Gasteiger partial charge in [-0.2, -0.15) is 0 Å². The highest BCUT2D eigenvalue weighted by molar-refractivity contribution is 9.10. The van der Waals surface area contributed by atoms with Crippen LogP contribution in [0, 0.1) is 6.92 Å². The van der Waals surface area contributed by atoms with Crippen LogP contribution in [0.25, 0.3) is 0 Å². The molecule has 2 aromatic rings. The summed E-state index contributed by atoms with van der Waals surface area (Å²) in [6.45, 7) is 1.87.